The molecule has 4 nitrogen and oxygen atoms in total. The molecule has 3 saturated heterocycles. The Morgan fingerprint density at radius 1 is 1.35 bits per heavy atom. The number of fused-ring (bicyclic) bond motifs is 2. The zero-order valence-electron chi connectivity index (χ0n) is 10.2. The van der Waals surface area contributed by atoms with Crippen molar-refractivity contribution in [2.24, 2.45) is 0 Å². The van der Waals surface area contributed by atoms with Gasteiger partial charge in [0.15, 0.2) is 6.29 Å². The average Bonchev–Trinajstić information content (AvgIpc) is 2.99. The molecule has 0 aromatic heterocycles. The summed E-state index contributed by atoms with van der Waals surface area (Å²) in [5.41, 5.74) is 0. The van der Waals surface area contributed by atoms with E-state index in [0.29, 0.717) is 11.9 Å². The Morgan fingerprint density at radius 3 is 3.06 bits per heavy atom. The van der Waals surface area contributed by atoms with Gasteiger partial charge in [0.2, 0.25) is 0 Å². The average molecular weight is 260 g/mol. The topological polar surface area (TPSA) is 36.9 Å². The van der Waals surface area contributed by atoms with Crippen molar-refractivity contribution in [2.45, 2.75) is 49.1 Å². The van der Waals surface area contributed by atoms with Crippen molar-refractivity contribution in [3.63, 3.8) is 0 Å². The summed E-state index contributed by atoms with van der Waals surface area (Å²) in [6, 6.07) is 0. The standard InChI is InChI=1S/C12H20O4S/c1-13-10-5-9(11-7-15-12(10)16-11)14-6-8-3-2-4-17-8/h8-12H,2-7H2,1H3/t8?,9-,10+,11+,12+/m0/s1. The molecule has 3 rings (SSSR count). The smallest absolute Gasteiger partial charge is 0.184 e. The highest BCUT2D eigenvalue weighted by molar-refractivity contribution is 8.00. The molecule has 3 aliphatic rings. The van der Waals surface area contributed by atoms with Crippen molar-refractivity contribution < 1.29 is 18.9 Å². The molecule has 17 heavy (non-hydrogen) atoms. The van der Waals surface area contributed by atoms with E-state index in [9.17, 15) is 0 Å². The van der Waals surface area contributed by atoms with E-state index in [2.05, 4.69) is 0 Å². The molecule has 0 spiro atoms. The lowest BCUT2D eigenvalue weighted by Crippen LogP contribution is -2.44. The van der Waals surface area contributed by atoms with E-state index in [4.69, 9.17) is 18.9 Å². The second-order valence-electron chi connectivity index (χ2n) is 4.89. The lowest BCUT2D eigenvalue weighted by Gasteiger charge is -2.33. The molecule has 5 atom stereocenters. The van der Waals surface area contributed by atoms with Gasteiger partial charge in [-0.1, -0.05) is 0 Å². The quantitative estimate of drug-likeness (QED) is 0.764. The molecule has 3 fully saturated rings. The Labute approximate surface area is 106 Å². The van der Waals surface area contributed by atoms with Crippen molar-refractivity contribution >= 4 is 11.8 Å². The lowest BCUT2D eigenvalue weighted by molar-refractivity contribution is -0.198. The number of ether oxygens (including phenoxy) is 4. The van der Waals surface area contributed by atoms with Gasteiger partial charge in [0.05, 0.1) is 19.3 Å². The van der Waals surface area contributed by atoms with Crippen LogP contribution in [0.4, 0.5) is 0 Å². The maximum Gasteiger partial charge on any atom is 0.184 e. The zero-order valence-corrected chi connectivity index (χ0v) is 11.0. The predicted octanol–water partition coefficient (Wildman–Crippen LogP) is 1.43. The molecule has 3 aliphatic heterocycles. The third-order valence-electron chi connectivity index (χ3n) is 3.74. The molecule has 0 aromatic rings. The lowest BCUT2D eigenvalue weighted by atomic mass is 10.0. The first-order chi connectivity index (χ1) is 8.36. The number of thioether (sulfide) groups is 1. The predicted molar refractivity (Wildman–Crippen MR) is 65.2 cm³/mol. The molecule has 3 heterocycles. The Kier molecular flexibility index (Phi) is 3.92. The van der Waals surface area contributed by atoms with E-state index in [1.54, 1.807) is 7.11 Å². The molecule has 0 N–H and O–H groups in total. The van der Waals surface area contributed by atoms with Crippen LogP contribution in [0.1, 0.15) is 19.3 Å². The Hall–Kier alpha value is 0.190. The third kappa shape index (κ3) is 2.63. The Bertz CT molecular complexity index is 257. The molecule has 0 aliphatic carbocycles. The molecule has 98 valence electrons. The second-order valence-corrected chi connectivity index (χ2v) is 6.30. The van der Waals surface area contributed by atoms with E-state index < -0.39 is 0 Å². The summed E-state index contributed by atoms with van der Waals surface area (Å²) in [4.78, 5) is 0. The molecule has 0 aromatic carbocycles. The minimum absolute atomic E-state index is 0.0231. The van der Waals surface area contributed by atoms with Gasteiger partial charge in [-0.2, -0.15) is 11.8 Å². The van der Waals surface area contributed by atoms with E-state index in [1.165, 1.54) is 18.6 Å². The van der Waals surface area contributed by atoms with Crippen LogP contribution in [0.25, 0.3) is 0 Å². The van der Waals surface area contributed by atoms with Crippen molar-refractivity contribution in [1.29, 1.82) is 0 Å². The first-order valence-electron chi connectivity index (χ1n) is 6.40. The number of methoxy groups -OCH3 is 1. The van der Waals surface area contributed by atoms with Crippen LogP contribution in [0, 0.1) is 0 Å². The van der Waals surface area contributed by atoms with Crippen LogP contribution in [-0.2, 0) is 18.9 Å². The fourth-order valence-corrected chi connectivity index (χ4v) is 3.89. The summed E-state index contributed by atoms with van der Waals surface area (Å²) < 4.78 is 22.7. The van der Waals surface area contributed by atoms with E-state index in [0.717, 1.165) is 13.0 Å². The summed E-state index contributed by atoms with van der Waals surface area (Å²) in [5.74, 6) is 1.28. The minimum Gasteiger partial charge on any atom is -0.376 e. The number of hydrogen-bond acceptors (Lipinski definition) is 5. The molecular weight excluding hydrogens is 240 g/mol. The van der Waals surface area contributed by atoms with Crippen LogP contribution >= 0.6 is 11.8 Å². The van der Waals surface area contributed by atoms with Gasteiger partial charge in [-0.3, -0.25) is 0 Å². The fourth-order valence-electron chi connectivity index (χ4n) is 2.71. The van der Waals surface area contributed by atoms with Crippen molar-refractivity contribution in [1.82, 2.24) is 0 Å². The maximum atomic E-state index is 6.02. The van der Waals surface area contributed by atoms with Crippen LogP contribution in [0.15, 0.2) is 0 Å². The summed E-state index contributed by atoms with van der Waals surface area (Å²) in [6.45, 7) is 1.49. The first kappa shape index (κ1) is 12.2. The molecular formula is C12H20O4S. The minimum atomic E-state index is -0.175. The van der Waals surface area contributed by atoms with Crippen LogP contribution in [0.3, 0.4) is 0 Å². The van der Waals surface area contributed by atoms with Gasteiger partial charge < -0.3 is 18.9 Å². The Balaban J connectivity index is 1.51. The highest BCUT2D eigenvalue weighted by Gasteiger charge is 2.45. The Morgan fingerprint density at radius 2 is 2.29 bits per heavy atom. The van der Waals surface area contributed by atoms with Gasteiger partial charge >= 0.3 is 0 Å². The normalized spacial score (nSPS) is 45.4. The van der Waals surface area contributed by atoms with Gasteiger partial charge in [-0.25, -0.2) is 0 Å². The SMILES string of the molecule is CO[C@@H]1C[C@H](OCC2CCCS2)[C@H]2CO[C@@H]1O2. The highest BCUT2D eigenvalue weighted by atomic mass is 32.2. The van der Waals surface area contributed by atoms with Gasteiger partial charge in [0.25, 0.3) is 0 Å². The van der Waals surface area contributed by atoms with Gasteiger partial charge in [0.1, 0.15) is 12.2 Å². The summed E-state index contributed by atoms with van der Waals surface area (Å²) >= 11 is 2.03. The molecule has 0 radical (unpaired) electrons. The van der Waals surface area contributed by atoms with Gasteiger partial charge in [-0.15, -0.1) is 0 Å². The highest BCUT2D eigenvalue weighted by Crippen LogP contribution is 2.32. The van der Waals surface area contributed by atoms with Crippen molar-refractivity contribution in [3.8, 4) is 0 Å². The van der Waals surface area contributed by atoms with Crippen molar-refractivity contribution in [2.75, 3.05) is 26.1 Å². The van der Waals surface area contributed by atoms with E-state index >= 15 is 0 Å². The van der Waals surface area contributed by atoms with E-state index in [-0.39, 0.29) is 24.6 Å². The van der Waals surface area contributed by atoms with Gasteiger partial charge in [-0.05, 0) is 18.6 Å². The summed E-state index contributed by atoms with van der Waals surface area (Å²) in [5, 5.41) is 0.677. The number of hydrogen-bond donors (Lipinski definition) is 0. The summed E-state index contributed by atoms with van der Waals surface area (Å²) in [7, 11) is 1.71. The molecule has 0 saturated carbocycles. The third-order valence-corrected chi connectivity index (χ3v) is 5.11. The molecule has 1 unspecified atom stereocenters. The van der Waals surface area contributed by atoms with Crippen LogP contribution in [0.5, 0.6) is 0 Å². The monoisotopic (exact) mass is 260 g/mol. The van der Waals surface area contributed by atoms with Crippen LogP contribution < -0.4 is 0 Å². The van der Waals surface area contributed by atoms with Crippen LogP contribution in [0.2, 0.25) is 0 Å². The second kappa shape index (κ2) is 5.45. The first-order valence-corrected chi connectivity index (χ1v) is 7.45. The summed E-state index contributed by atoms with van der Waals surface area (Å²) in [6.07, 6.45) is 3.60. The maximum absolute atomic E-state index is 6.02. The largest absolute Gasteiger partial charge is 0.376 e. The number of rotatable bonds is 4. The zero-order chi connectivity index (χ0) is 11.7. The molecule has 5 heteroatoms. The van der Waals surface area contributed by atoms with Gasteiger partial charge in [0, 0.05) is 18.8 Å². The van der Waals surface area contributed by atoms with E-state index in [1.807, 2.05) is 11.8 Å². The molecule has 2 bridgehead atoms. The molecule has 0 amide bonds. The fraction of sp³-hybridized carbons (Fsp3) is 1.00. The van der Waals surface area contributed by atoms with Crippen LogP contribution in [-0.4, -0.2) is 55.9 Å². The van der Waals surface area contributed by atoms with Crippen molar-refractivity contribution in [3.05, 3.63) is 0 Å².